The monoisotopic (exact) mass is 220 g/mol. The number of hydrogen-bond donors (Lipinski definition) is 2. The Labute approximate surface area is 81.5 Å². The average Bonchev–Trinajstić information content (AvgIpc) is 2.44. The molecule has 3 N–H and O–H groups in total. The van der Waals surface area contributed by atoms with Crippen LogP contribution in [0.3, 0.4) is 0 Å². The van der Waals surface area contributed by atoms with Crippen LogP contribution in [0, 0.1) is 0 Å². The summed E-state index contributed by atoms with van der Waals surface area (Å²) in [6.07, 6.45) is 0.422. The lowest BCUT2D eigenvalue weighted by Crippen LogP contribution is -2.19. The number of anilines is 1. The van der Waals surface area contributed by atoms with E-state index < -0.39 is 10.0 Å². The number of rotatable bonds is 5. The van der Waals surface area contributed by atoms with Crippen LogP contribution in [0.4, 0.5) is 5.95 Å². The summed E-state index contributed by atoms with van der Waals surface area (Å²) in [6.45, 7) is 0.463. The third kappa shape index (κ3) is 3.66. The first kappa shape index (κ1) is 10.9. The molecule has 0 fully saturated rings. The van der Waals surface area contributed by atoms with E-state index in [1.807, 2.05) is 0 Å². The van der Waals surface area contributed by atoms with Crippen LogP contribution in [0.25, 0.3) is 0 Å². The molecule has 0 atom stereocenters. The van der Waals surface area contributed by atoms with Crippen LogP contribution in [0.5, 0.6) is 0 Å². The molecule has 14 heavy (non-hydrogen) atoms. The SMILES string of the molecule is Cn1nnnc1NCCCS(N)(=O)=O. The third-order valence-corrected chi connectivity index (χ3v) is 2.37. The molecule has 0 amide bonds. The van der Waals surface area contributed by atoms with E-state index in [1.165, 1.54) is 4.68 Å². The van der Waals surface area contributed by atoms with E-state index in [0.717, 1.165) is 0 Å². The fourth-order valence-corrected chi connectivity index (χ4v) is 1.40. The summed E-state index contributed by atoms with van der Waals surface area (Å²) in [5.41, 5.74) is 0. The summed E-state index contributed by atoms with van der Waals surface area (Å²) in [6, 6.07) is 0. The zero-order valence-electron chi connectivity index (χ0n) is 7.71. The normalized spacial score (nSPS) is 11.6. The van der Waals surface area contributed by atoms with Gasteiger partial charge in [-0.15, -0.1) is 0 Å². The highest BCUT2D eigenvalue weighted by Crippen LogP contribution is 1.95. The van der Waals surface area contributed by atoms with Gasteiger partial charge in [0.2, 0.25) is 16.0 Å². The summed E-state index contributed by atoms with van der Waals surface area (Å²) in [7, 11) is -1.69. The Balaban J connectivity index is 2.26. The van der Waals surface area contributed by atoms with Gasteiger partial charge in [0.15, 0.2) is 0 Å². The van der Waals surface area contributed by atoms with Crippen molar-refractivity contribution in [1.82, 2.24) is 20.2 Å². The Bertz CT molecular complexity index is 385. The number of nitrogens with one attached hydrogen (secondary N) is 1. The van der Waals surface area contributed by atoms with Crippen molar-refractivity contribution in [2.75, 3.05) is 17.6 Å². The molecule has 9 heteroatoms. The Kier molecular flexibility index (Phi) is 3.36. The van der Waals surface area contributed by atoms with E-state index in [1.54, 1.807) is 7.05 Å². The van der Waals surface area contributed by atoms with E-state index in [4.69, 9.17) is 5.14 Å². The largest absolute Gasteiger partial charge is 0.353 e. The Morgan fingerprint density at radius 2 is 2.29 bits per heavy atom. The van der Waals surface area contributed by atoms with E-state index in [0.29, 0.717) is 18.9 Å². The van der Waals surface area contributed by atoms with E-state index in [-0.39, 0.29) is 5.75 Å². The van der Waals surface area contributed by atoms with Gasteiger partial charge in [-0.2, -0.15) is 0 Å². The molecule has 0 spiro atoms. The van der Waals surface area contributed by atoms with Gasteiger partial charge in [0, 0.05) is 13.6 Å². The van der Waals surface area contributed by atoms with Gasteiger partial charge in [-0.1, -0.05) is 5.10 Å². The molecule has 0 aliphatic rings. The Morgan fingerprint density at radius 3 is 2.79 bits per heavy atom. The molecule has 0 aliphatic heterocycles. The number of hydrogen-bond acceptors (Lipinski definition) is 6. The average molecular weight is 220 g/mol. The lowest BCUT2D eigenvalue weighted by Gasteiger charge is -2.02. The first-order valence-corrected chi connectivity index (χ1v) is 5.67. The van der Waals surface area contributed by atoms with Gasteiger partial charge in [0.1, 0.15) is 0 Å². The van der Waals surface area contributed by atoms with E-state index >= 15 is 0 Å². The van der Waals surface area contributed by atoms with Crippen molar-refractivity contribution < 1.29 is 8.42 Å². The van der Waals surface area contributed by atoms with Crippen LogP contribution in [0.1, 0.15) is 6.42 Å². The minimum Gasteiger partial charge on any atom is -0.353 e. The number of primary sulfonamides is 1. The molecule has 0 unspecified atom stereocenters. The van der Waals surface area contributed by atoms with Crippen LogP contribution >= 0.6 is 0 Å². The maximum atomic E-state index is 10.6. The molecule has 8 nitrogen and oxygen atoms in total. The molecule has 0 saturated carbocycles. The van der Waals surface area contributed by atoms with Gasteiger partial charge in [-0.05, 0) is 16.8 Å². The number of nitrogens with zero attached hydrogens (tertiary/aromatic N) is 4. The molecule has 1 heterocycles. The Morgan fingerprint density at radius 1 is 1.57 bits per heavy atom. The van der Waals surface area contributed by atoms with Crippen molar-refractivity contribution in [3.63, 3.8) is 0 Å². The topological polar surface area (TPSA) is 116 Å². The van der Waals surface area contributed by atoms with Gasteiger partial charge < -0.3 is 5.32 Å². The van der Waals surface area contributed by atoms with Gasteiger partial charge in [-0.25, -0.2) is 18.2 Å². The third-order valence-electron chi connectivity index (χ3n) is 1.51. The molecule has 0 aliphatic carbocycles. The van der Waals surface area contributed by atoms with Crippen LogP contribution in [-0.4, -0.2) is 40.9 Å². The summed E-state index contributed by atoms with van der Waals surface area (Å²) >= 11 is 0. The number of tetrazole rings is 1. The summed E-state index contributed by atoms with van der Waals surface area (Å²) < 4.78 is 22.6. The lowest BCUT2D eigenvalue weighted by molar-refractivity contribution is 0.595. The summed E-state index contributed by atoms with van der Waals surface area (Å²) in [5.74, 6) is 0.449. The van der Waals surface area contributed by atoms with Crippen molar-refractivity contribution in [3.05, 3.63) is 0 Å². The van der Waals surface area contributed by atoms with E-state index in [9.17, 15) is 8.42 Å². The molecule has 1 aromatic rings. The zero-order chi connectivity index (χ0) is 10.6. The number of aryl methyl sites for hydroxylation is 1. The fourth-order valence-electron chi connectivity index (χ4n) is 0.853. The van der Waals surface area contributed by atoms with Gasteiger partial charge in [-0.3, -0.25) is 0 Å². The number of aromatic nitrogens is 4. The summed E-state index contributed by atoms with van der Waals surface area (Å²) in [5, 5.41) is 18.4. The predicted molar refractivity (Wildman–Crippen MR) is 49.9 cm³/mol. The maximum absolute atomic E-state index is 10.6. The lowest BCUT2D eigenvalue weighted by atomic mass is 10.5. The molecule has 0 bridgehead atoms. The van der Waals surface area contributed by atoms with Crippen molar-refractivity contribution in [2.45, 2.75) is 6.42 Å². The summed E-state index contributed by atoms with van der Waals surface area (Å²) in [4.78, 5) is 0. The van der Waals surface area contributed by atoms with E-state index in [2.05, 4.69) is 20.8 Å². The predicted octanol–water partition coefficient (Wildman–Crippen LogP) is -1.70. The highest BCUT2D eigenvalue weighted by molar-refractivity contribution is 7.89. The molecule has 0 saturated heterocycles. The van der Waals surface area contributed by atoms with Crippen molar-refractivity contribution in [3.8, 4) is 0 Å². The number of sulfonamides is 1. The van der Waals surface area contributed by atoms with Crippen molar-refractivity contribution in [2.24, 2.45) is 12.2 Å². The molecule has 0 aromatic carbocycles. The second kappa shape index (κ2) is 4.33. The van der Waals surface area contributed by atoms with Gasteiger partial charge in [0.25, 0.3) is 0 Å². The fraction of sp³-hybridized carbons (Fsp3) is 0.800. The highest BCUT2D eigenvalue weighted by atomic mass is 32.2. The first-order chi connectivity index (χ1) is 6.49. The smallest absolute Gasteiger partial charge is 0.242 e. The second-order valence-corrected chi connectivity index (χ2v) is 4.51. The molecule has 1 aromatic heterocycles. The van der Waals surface area contributed by atoms with Crippen LogP contribution in [0.15, 0.2) is 0 Å². The maximum Gasteiger partial charge on any atom is 0.242 e. The molecule has 80 valence electrons. The Hall–Kier alpha value is -1.22. The molecule has 0 radical (unpaired) electrons. The zero-order valence-corrected chi connectivity index (χ0v) is 8.53. The first-order valence-electron chi connectivity index (χ1n) is 3.96. The van der Waals surface area contributed by atoms with Crippen molar-refractivity contribution >= 4 is 16.0 Å². The minimum atomic E-state index is -3.37. The van der Waals surface area contributed by atoms with Crippen molar-refractivity contribution in [1.29, 1.82) is 0 Å². The molecular weight excluding hydrogens is 208 g/mol. The molecular formula is C5H12N6O2S. The van der Waals surface area contributed by atoms with Crippen LogP contribution in [-0.2, 0) is 17.1 Å². The quantitative estimate of drug-likeness (QED) is 0.571. The standard InChI is InChI=1S/C5H12N6O2S/c1-11-5(8-9-10-11)7-3-2-4-14(6,12)13/h2-4H2,1H3,(H2,6,12,13)(H,7,8,10). The van der Waals surface area contributed by atoms with Gasteiger partial charge in [0.05, 0.1) is 5.75 Å². The number of nitrogens with two attached hydrogens (primary N) is 1. The highest BCUT2D eigenvalue weighted by Gasteiger charge is 2.03. The van der Waals surface area contributed by atoms with Crippen LogP contribution in [0.2, 0.25) is 0 Å². The second-order valence-electron chi connectivity index (χ2n) is 2.77. The van der Waals surface area contributed by atoms with Crippen LogP contribution < -0.4 is 10.5 Å². The molecule has 1 rings (SSSR count). The minimum absolute atomic E-state index is 0.0503. The van der Waals surface area contributed by atoms with Gasteiger partial charge >= 0.3 is 0 Å².